The Balaban J connectivity index is 1.80. The van der Waals surface area contributed by atoms with Crippen LogP contribution in [0.2, 0.25) is 0 Å². The van der Waals surface area contributed by atoms with Crippen molar-refractivity contribution in [1.29, 1.82) is 0 Å². The smallest absolute Gasteiger partial charge is 0.243 e. The van der Waals surface area contributed by atoms with Crippen LogP contribution < -0.4 is 5.32 Å². The van der Waals surface area contributed by atoms with Gasteiger partial charge in [-0.2, -0.15) is 0 Å². The molecule has 0 atom stereocenters. The number of Topliss-reactive ketones (excluding diaryl/α,β-unsaturated/α-hetero) is 1. The van der Waals surface area contributed by atoms with Gasteiger partial charge in [0.25, 0.3) is 0 Å². The topological polar surface area (TPSA) is 66.5 Å². The first kappa shape index (κ1) is 20.6. The maximum atomic E-state index is 13.1. The van der Waals surface area contributed by atoms with Crippen LogP contribution in [0.1, 0.15) is 23.2 Å². The van der Waals surface area contributed by atoms with Gasteiger partial charge in [0.1, 0.15) is 5.82 Å². The highest BCUT2D eigenvalue weighted by Crippen LogP contribution is 2.16. The normalized spacial score (nSPS) is 10.3. The van der Waals surface area contributed by atoms with Gasteiger partial charge < -0.3 is 10.2 Å². The second-order valence-electron chi connectivity index (χ2n) is 5.96. The Labute approximate surface area is 161 Å². The van der Waals surface area contributed by atoms with E-state index in [4.69, 9.17) is 0 Å². The number of hydrogen-bond acceptors (Lipinski definition) is 4. The number of nitrogens with zero attached hydrogens (tertiary/aromatic N) is 1. The molecule has 0 aromatic heterocycles. The molecule has 0 spiro atoms. The number of anilines is 1. The van der Waals surface area contributed by atoms with E-state index in [2.05, 4.69) is 5.32 Å². The molecule has 0 aliphatic rings. The predicted octanol–water partition coefficient (Wildman–Crippen LogP) is 3.61. The Kier molecular flexibility index (Phi) is 7.55. The highest BCUT2D eigenvalue weighted by atomic mass is 32.2. The van der Waals surface area contributed by atoms with Gasteiger partial charge in [-0.1, -0.05) is 18.2 Å². The standard InChI is InChI=1S/C20H21FN2O3S/c1-23(13-19(25)22-16-5-3-4-15(21)12-16)20(26)11-10-18(24)14-6-8-17(27-2)9-7-14/h3-9,12H,10-11,13H2,1-2H3,(H,22,25). The van der Waals surface area contributed by atoms with Crippen molar-refractivity contribution >= 4 is 35.0 Å². The zero-order chi connectivity index (χ0) is 19.8. The van der Waals surface area contributed by atoms with E-state index in [9.17, 15) is 18.8 Å². The molecule has 0 aliphatic carbocycles. The van der Waals surface area contributed by atoms with Crippen LogP contribution in [0.3, 0.4) is 0 Å². The van der Waals surface area contributed by atoms with Crippen LogP contribution in [0.4, 0.5) is 10.1 Å². The number of likely N-dealkylation sites (N-methyl/N-ethyl adjacent to an activating group) is 1. The molecule has 0 saturated heterocycles. The van der Waals surface area contributed by atoms with Gasteiger partial charge in [-0.3, -0.25) is 14.4 Å². The molecule has 2 aromatic rings. The van der Waals surface area contributed by atoms with E-state index in [0.717, 1.165) is 4.90 Å². The molecule has 2 rings (SSSR count). The molecule has 27 heavy (non-hydrogen) atoms. The van der Waals surface area contributed by atoms with Gasteiger partial charge in [0.2, 0.25) is 11.8 Å². The number of benzene rings is 2. The van der Waals surface area contributed by atoms with Crippen molar-refractivity contribution in [1.82, 2.24) is 4.90 Å². The first-order chi connectivity index (χ1) is 12.9. The quantitative estimate of drug-likeness (QED) is 0.554. The fourth-order valence-corrected chi connectivity index (χ4v) is 2.81. The van der Waals surface area contributed by atoms with E-state index < -0.39 is 11.7 Å². The van der Waals surface area contributed by atoms with Crippen molar-refractivity contribution in [2.75, 3.05) is 25.2 Å². The molecular weight excluding hydrogens is 367 g/mol. The number of halogens is 1. The van der Waals surface area contributed by atoms with Crippen LogP contribution in [0.25, 0.3) is 0 Å². The average molecular weight is 388 g/mol. The minimum absolute atomic E-state index is 0.0207. The number of amides is 2. The second-order valence-corrected chi connectivity index (χ2v) is 6.84. The van der Waals surface area contributed by atoms with Crippen LogP contribution in [-0.2, 0) is 9.59 Å². The van der Waals surface area contributed by atoms with Crippen molar-refractivity contribution < 1.29 is 18.8 Å². The third-order valence-corrected chi connectivity index (χ3v) is 4.64. The highest BCUT2D eigenvalue weighted by Gasteiger charge is 2.15. The van der Waals surface area contributed by atoms with Crippen molar-refractivity contribution in [3.05, 3.63) is 59.9 Å². The summed E-state index contributed by atoms with van der Waals surface area (Å²) in [7, 11) is 1.49. The SMILES string of the molecule is CSc1ccc(C(=O)CCC(=O)N(C)CC(=O)Nc2cccc(F)c2)cc1. The molecule has 0 unspecified atom stereocenters. The van der Waals surface area contributed by atoms with Gasteiger partial charge in [0.15, 0.2) is 5.78 Å². The van der Waals surface area contributed by atoms with Crippen molar-refractivity contribution in [2.45, 2.75) is 17.7 Å². The number of carbonyl (C=O) groups is 3. The molecule has 0 heterocycles. The summed E-state index contributed by atoms with van der Waals surface area (Å²) in [5, 5.41) is 2.53. The second kappa shape index (κ2) is 9.87. The third-order valence-electron chi connectivity index (χ3n) is 3.89. The summed E-state index contributed by atoms with van der Waals surface area (Å²) in [6, 6.07) is 12.7. The largest absolute Gasteiger partial charge is 0.336 e. The van der Waals surface area contributed by atoms with Crippen molar-refractivity contribution in [3.8, 4) is 0 Å². The van der Waals surface area contributed by atoms with Crippen LogP contribution in [0, 0.1) is 5.82 Å². The van der Waals surface area contributed by atoms with Gasteiger partial charge >= 0.3 is 0 Å². The summed E-state index contributed by atoms with van der Waals surface area (Å²) >= 11 is 1.59. The molecule has 1 N–H and O–H groups in total. The fourth-order valence-electron chi connectivity index (χ4n) is 2.40. The lowest BCUT2D eigenvalue weighted by atomic mass is 10.1. The number of hydrogen-bond donors (Lipinski definition) is 1. The fraction of sp³-hybridized carbons (Fsp3) is 0.250. The maximum Gasteiger partial charge on any atom is 0.243 e. The zero-order valence-corrected chi connectivity index (χ0v) is 16.0. The molecule has 0 radical (unpaired) electrons. The van der Waals surface area contributed by atoms with E-state index >= 15 is 0 Å². The van der Waals surface area contributed by atoms with E-state index in [0.29, 0.717) is 11.3 Å². The van der Waals surface area contributed by atoms with Gasteiger partial charge in [-0.05, 0) is 36.6 Å². The number of ketones is 1. The van der Waals surface area contributed by atoms with Gasteiger partial charge in [0.05, 0.1) is 6.54 Å². The third kappa shape index (κ3) is 6.53. The molecule has 0 aliphatic heterocycles. The summed E-state index contributed by atoms with van der Waals surface area (Å²) in [6.07, 6.45) is 2.05. The molecule has 0 saturated carbocycles. The first-order valence-electron chi connectivity index (χ1n) is 8.35. The maximum absolute atomic E-state index is 13.1. The lowest BCUT2D eigenvalue weighted by molar-refractivity contribution is -0.133. The van der Waals surface area contributed by atoms with E-state index in [1.165, 1.54) is 30.1 Å². The Morgan fingerprint density at radius 2 is 1.78 bits per heavy atom. The molecule has 2 aromatic carbocycles. The minimum Gasteiger partial charge on any atom is -0.336 e. The molecule has 5 nitrogen and oxygen atoms in total. The van der Waals surface area contributed by atoms with Crippen molar-refractivity contribution in [3.63, 3.8) is 0 Å². The zero-order valence-electron chi connectivity index (χ0n) is 15.2. The summed E-state index contributed by atoms with van der Waals surface area (Å²) in [6.45, 7) is -0.175. The molecule has 0 fully saturated rings. The summed E-state index contributed by atoms with van der Waals surface area (Å²) < 4.78 is 13.1. The monoisotopic (exact) mass is 388 g/mol. The Hall–Kier alpha value is -2.67. The van der Waals surface area contributed by atoms with Gasteiger partial charge in [0, 0.05) is 36.0 Å². The summed E-state index contributed by atoms with van der Waals surface area (Å²) in [5.41, 5.74) is 0.886. The summed E-state index contributed by atoms with van der Waals surface area (Å²) in [5.74, 6) is -1.32. The Morgan fingerprint density at radius 1 is 1.07 bits per heavy atom. The Bertz CT molecular complexity index is 824. The number of rotatable bonds is 8. The van der Waals surface area contributed by atoms with Crippen LogP contribution in [0.15, 0.2) is 53.4 Å². The predicted molar refractivity (Wildman–Crippen MR) is 104 cm³/mol. The average Bonchev–Trinajstić information content (AvgIpc) is 2.65. The van der Waals surface area contributed by atoms with Gasteiger partial charge in [-0.15, -0.1) is 11.8 Å². The van der Waals surface area contributed by atoms with Crippen LogP contribution in [0.5, 0.6) is 0 Å². The Morgan fingerprint density at radius 3 is 2.41 bits per heavy atom. The van der Waals surface area contributed by atoms with E-state index in [-0.39, 0.29) is 31.1 Å². The summed E-state index contributed by atoms with van der Waals surface area (Å²) in [4.78, 5) is 38.6. The molecule has 2 amide bonds. The number of nitrogens with one attached hydrogen (secondary N) is 1. The van der Waals surface area contributed by atoms with Crippen LogP contribution in [-0.4, -0.2) is 42.3 Å². The van der Waals surface area contributed by atoms with E-state index in [1.807, 2.05) is 18.4 Å². The minimum atomic E-state index is -0.457. The number of thioether (sulfide) groups is 1. The lowest BCUT2D eigenvalue weighted by Gasteiger charge is -2.16. The van der Waals surface area contributed by atoms with Crippen molar-refractivity contribution in [2.24, 2.45) is 0 Å². The first-order valence-corrected chi connectivity index (χ1v) is 9.58. The highest BCUT2D eigenvalue weighted by molar-refractivity contribution is 7.98. The molecule has 142 valence electrons. The van der Waals surface area contributed by atoms with Crippen LogP contribution >= 0.6 is 11.8 Å². The number of carbonyl (C=O) groups excluding carboxylic acids is 3. The molecule has 7 heteroatoms. The lowest BCUT2D eigenvalue weighted by Crippen LogP contribution is -2.35. The van der Waals surface area contributed by atoms with E-state index in [1.54, 1.807) is 30.0 Å². The van der Waals surface area contributed by atoms with Gasteiger partial charge in [-0.25, -0.2) is 4.39 Å². The molecular formula is C20H21FN2O3S. The molecule has 0 bridgehead atoms.